The quantitative estimate of drug-likeness (QED) is 0.869. The number of anilines is 2. The van der Waals surface area contributed by atoms with Crippen LogP contribution in [0.5, 0.6) is 0 Å². The summed E-state index contributed by atoms with van der Waals surface area (Å²) in [6.45, 7) is 1.20. The van der Waals surface area contributed by atoms with Crippen LogP contribution in [0.3, 0.4) is 0 Å². The van der Waals surface area contributed by atoms with E-state index in [9.17, 15) is 0 Å². The highest BCUT2D eigenvalue weighted by Crippen LogP contribution is 2.29. The summed E-state index contributed by atoms with van der Waals surface area (Å²) in [5.41, 5.74) is 7.32. The number of benzene rings is 2. The lowest BCUT2D eigenvalue weighted by Gasteiger charge is -2.28. The van der Waals surface area contributed by atoms with Crippen LogP contribution >= 0.6 is 0 Å². The molecular weight excluding hydrogens is 292 g/mol. The van der Waals surface area contributed by atoms with Crippen molar-refractivity contribution in [1.29, 1.82) is 0 Å². The first-order chi connectivity index (χ1) is 11.8. The van der Waals surface area contributed by atoms with Gasteiger partial charge in [-0.25, -0.2) is 0 Å². The van der Waals surface area contributed by atoms with Gasteiger partial charge in [-0.2, -0.15) is 0 Å². The number of para-hydroxylation sites is 1. The molecule has 1 unspecified atom stereocenters. The molecule has 2 heteroatoms. The molecule has 2 heterocycles. The van der Waals surface area contributed by atoms with Gasteiger partial charge >= 0.3 is 0 Å². The summed E-state index contributed by atoms with van der Waals surface area (Å²) in [5.74, 6) is 0. The summed E-state index contributed by atoms with van der Waals surface area (Å²) in [7, 11) is 2.23. The van der Waals surface area contributed by atoms with Gasteiger partial charge in [-0.1, -0.05) is 30.3 Å². The molecule has 0 spiro atoms. The molecule has 4 rings (SSSR count). The van der Waals surface area contributed by atoms with Crippen LogP contribution in [-0.4, -0.2) is 19.6 Å². The Labute approximate surface area is 145 Å². The van der Waals surface area contributed by atoms with Gasteiger partial charge in [-0.15, -0.1) is 0 Å². The van der Waals surface area contributed by atoms with Crippen molar-refractivity contribution in [2.75, 3.05) is 23.8 Å². The predicted octanol–water partition coefficient (Wildman–Crippen LogP) is 4.82. The molecular formula is C22H28N2. The fourth-order valence-electron chi connectivity index (χ4n) is 4.23. The van der Waals surface area contributed by atoms with Crippen LogP contribution in [0.1, 0.15) is 42.4 Å². The van der Waals surface area contributed by atoms with E-state index in [4.69, 9.17) is 0 Å². The molecule has 2 aromatic rings. The van der Waals surface area contributed by atoms with E-state index < -0.39 is 0 Å². The van der Waals surface area contributed by atoms with Crippen molar-refractivity contribution in [3.63, 3.8) is 0 Å². The van der Waals surface area contributed by atoms with Crippen LogP contribution in [0.25, 0.3) is 0 Å². The maximum atomic E-state index is 3.73. The lowest BCUT2D eigenvalue weighted by atomic mass is 9.93. The first-order valence-electron chi connectivity index (χ1n) is 9.47. The number of hydrogen-bond donors (Lipinski definition) is 1. The van der Waals surface area contributed by atoms with Crippen LogP contribution in [0, 0.1) is 0 Å². The van der Waals surface area contributed by atoms with Crippen molar-refractivity contribution >= 4 is 11.4 Å². The first kappa shape index (κ1) is 15.6. The maximum absolute atomic E-state index is 3.73. The summed E-state index contributed by atoms with van der Waals surface area (Å²) in [6.07, 6.45) is 8.75. The van der Waals surface area contributed by atoms with E-state index in [-0.39, 0.29) is 0 Å². The van der Waals surface area contributed by atoms with E-state index in [1.807, 2.05) is 0 Å². The van der Waals surface area contributed by atoms with Gasteiger partial charge in [0.05, 0.1) is 0 Å². The third-order valence-electron chi connectivity index (χ3n) is 5.66. The Morgan fingerprint density at radius 1 is 1.08 bits per heavy atom. The third kappa shape index (κ3) is 3.28. The van der Waals surface area contributed by atoms with E-state index >= 15 is 0 Å². The smallest absolute Gasteiger partial charge is 0.0398 e. The van der Waals surface area contributed by atoms with Gasteiger partial charge < -0.3 is 10.2 Å². The molecule has 2 aliphatic heterocycles. The van der Waals surface area contributed by atoms with Crippen molar-refractivity contribution in [1.82, 2.24) is 0 Å². The average molecular weight is 320 g/mol. The first-order valence-corrected chi connectivity index (χ1v) is 9.47. The zero-order valence-electron chi connectivity index (χ0n) is 14.7. The topological polar surface area (TPSA) is 15.3 Å². The van der Waals surface area contributed by atoms with Crippen LogP contribution < -0.4 is 10.2 Å². The second-order valence-corrected chi connectivity index (χ2v) is 7.42. The highest BCUT2D eigenvalue weighted by Gasteiger charge is 2.17. The van der Waals surface area contributed by atoms with E-state index in [1.54, 1.807) is 0 Å². The monoisotopic (exact) mass is 320 g/mol. The molecule has 0 saturated heterocycles. The number of fused-ring (bicyclic) bond motifs is 2. The van der Waals surface area contributed by atoms with Crippen LogP contribution in [0.15, 0.2) is 42.5 Å². The number of rotatable bonds is 4. The largest absolute Gasteiger partial charge is 0.382 e. The summed E-state index contributed by atoms with van der Waals surface area (Å²) in [6, 6.07) is 16.5. The highest BCUT2D eigenvalue weighted by atomic mass is 15.1. The minimum absolute atomic E-state index is 0.639. The zero-order chi connectivity index (χ0) is 16.4. The van der Waals surface area contributed by atoms with Crippen LogP contribution in [0.2, 0.25) is 0 Å². The molecule has 2 aliphatic rings. The fraction of sp³-hybridized carbons (Fsp3) is 0.455. The third-order valence-corrected chi connectivity index (χ3v) is 5.66. The van der Waals surface area contributed by atoms with Gasteiger partial charge in [-0.3, -0.25) is 0 Å². The summed E-state index contributed by atoms with van der Waals surface area (Å²) in [4.78, 5) is 2.42. The Kier molecular flexibility index (Phi) is 4.46. The second-order valence-electron chi connectivity index (χ2n) is 7.42. The number of hydrogen-bond acceptors (Lipinski definition) is 2. The number of nitrogens with one attached hydrogen (secondary N) is 1. The van der Waals surface area contributed by atoms with Crippen molar-refractivity contribution in [2.24, 2.45) is 0 Å². The van der Waals surface area contributed by atoms with E-state index in [2.05, 4.69) is 59.7 Å². The minimum atomic E-state index is 0.639. The molecule has 1 atom stereocenters. The fourth-order valence-corrected chi connectivity index (χ4v) is 4.23. The molecule has 2 aromatic carbocycles. The van der Waals surface area contributed by atoms with Gasteiger partial charge in [-0.05, 0) is 73.8 Å². The molecule has 2 nitrogen and oxygen atoms in total. The Hall–Kier alpha value is -1.96. The summed E-state index contributed by atoms with van der Waals surface area (Å²) in [5, 5.41) is 3.73. The molecule has 0 radical (unpaired) electrons. The van der Waals surface area contributed by atoms with Gasteiger partial charge in [0.1, 0.15) is 0 Å². The van der Waals surface area contributed by atoms with Gasteiger partial charge in [0, 0.05) is 31.0 Å². The van der Waals surface area contributed by atoms with Gasteiger partial charge in [0.15, 0.2) is 0 Å². The number of nitrogens with zero attached hydrogens (tertiary/aromatic N) is 1. The molecule has 24 heavy (non-hydrogen) atoms. The van der Waals surface area contributed by atoms with Crippen molar-refractivity contribution in [3.8, 4) is 0 Å². The Morgan fingerprint density at radius 2 is 2.00 bits per heavy atom. The molecule has 0 aliphatic carbocycles. The Balaban J connectivity index is 1.33. The van der Waals surface area contributed by atoms with Crippen molar-refractivity contribution < 1.29 is 0 Å². The van der Waals surface area contributed by atoms with Crippen molar-refractivity contribution in [3.05, 3.63) is 59.2 Å². The average Bonchev–Trinajstić information content (AvgIpc) is 2.62. The molecule has 0 saturated carbocycles. The zero-order valence-corrected chi connectivity index (χ0v) is 14.7. The van der Waals surface area contributed by atoms with Crippen LogP contribution in [-0.2, 0) is 19.3 Å². The van der Waals surface area contributed by atoms with E-state index in [0.717, 1.165) is 0 Å². The van der Waals surface area contributed by atoms with Gasteiger partial charge in [0.2, 0.25) is 0 Å². The molecule has 0 bridgehead atoms. The molecule has 0 aromatic heterocycles. The molecule has 1 N–H and O–H groups in total. The van der Waals surface area contributed by atoms with Crippen LogP contribution in [0.4, 0.5) is 11.4 Å². The number of aryl methyl sites for hydroxylation is 3. The summed E-state index contributed by atoms with van der Waals surface area (Å²) >= 11 is 0. The lowest BCUT2D eigenvalue weighted by Crippen LogP contribution is -2.25. The van der Waals surface area contributed by atoms with E-state index in [0.29, 0.717) is 6.04 Å². The highest BCUT2D eigenvalue weighted by molar-refractivity contribution is 5.57. The standard InChI is InChI=1S/C22H28N2/c1-24-15-5-8-19-12-11-17(16-22(19)24)6-4-9-20-14-13-18-7-2-3-10-21(18)23-20/h2-3,7,10-12,16,20,23H,4-6,8-9,13-15H2,1H3. The normalized spacial score (nSPS) is 19.4. The SMILES string of the molecule is CN1CCCc2ccc(CCCC3CCc4ccccc4N3)cc21. The second kappa shape index (κ2) is 6.88. The molecule has 126 valence electrons. The Morgan fingerprint density at radius 3 is 2.96 bits per heavy atom. The maximum Gasteiger partial charge on any atom is 0.0398 e. The molecule has 0 fully saturated rings. The minimum Gasteiger partial charge on any atom is -0.382 e. The van der Waals surface area contributed by atoms with Crippen molar-refractivity contribution in [2.45, 2.75) is 51.0 Å². The predicted molar refractivity (Wildman–Crippen MR) is 103 cm³/mol. The molecule has 0 amide bonds. The lowest BCUT2D eigenvalue weighted by molar-refractivity contribution is 0.562. The summed E-state index contributed by atoms with van der Waals surface area (Å²) < 4.78 is 0. The Bertz CT molecular complexity index is 707. The van der Waals surface area contributed by atoms with E-state index in [1.165, 1.54) is 79.6 Å². The van der Waals surface area contributed by atoms with Gasteiger partial charge in [0.25, 0.3) is 0 Å².